The summed E-state index contributed by atoms with van der Waals surface area (Å²) in [5.41, 5.74) is 4.47. The van der Waals surface area contributed by atoms with Crippen LogP contribution in [0.25, 0.3) is 0 Å². The summed E-state index contributed by atoms with van der Waals surface area (Å²) in [4.78, 5) is 19.0. The molecule has 2 heterocycles. The van der Waals surface area contributed by atoms with Gasteiger partial charge in [-0.05, 0) is 47.9 Å². The van der Waals surface area contributed by atoms with E-state index in [-0.39, 0.29) is 5.91 Å². The van der Waals surface area contributed by atoms with Gasteiger partial charge in [-0.15, -0.1) is 0 Å². The molecule has 0 atom stereocenters. The fourth-order valence-corrected chi connectivity index (χ4v) is 3.26. The van der Waals surface area contributed by atoms with Gasteiger partial charge in [0.15, 0.2) is 0 Å². The van der Waals surface area contributed by atoms with Gasteiger partial charge in [-0.2, -0.15) is 5.26 Å². The predicted octanol–water partition coefficient (Wildman–Crippen LogP) is 3.90. The van der Waals surface area contributed by atoms with Crippen molar-refractivity contribution in [2.75, 3.05) is 11.9 Å². The third kappa shape index (κ3) is 3.65. The Morgan fingerprint density at radius 1 is 1.07 bits per heavy atom. The fraction of sp³-hybridized carbons (Fsp3) is 0.136. The molecule has 5 heteroatoms. The highest BCUT2D eigenvalue weighted by atomic mass is 16.2. The molecular weight excluding hydrogens is 336 g/mol. The van der Waals surface area contributed by atoms with Crippen LogP contribution in [0, 0.1) is 11.3 Å². The number of benzene rings is 2. The van der Waals surface area contributed by atoms with Crippen molar-refractivity contribution in [3.63, 3.8) is 0 Å². The number of hydrogen-bond donors (Lipinski definition) is 1. The molecule has 1 amide bonds. The van der Waals surface area contributed by atoms with Gasteiger partial charge < -0.3 is 10.2 Å². The molecule has 1 aliphatic rings. The Hall–Kier alpha value is -3.65. The van der Waals surface area contributed by atoms with Crippen molar-refractivity contribution < 1.29 is 4.79 Å². The lowest BCUT2D eigenvalue weighted by Gasteiger charge is -2.28. The molecule has 0 saturated heterocycles. The van der Waals surface area contributed by atoms with Crippen LogP contribution in [0.1, 0.15) is 27.0 Å². The lowest BCUT2D eigenvalue weighted by Crippen LogP contribution is -2.35. The maximum absolute atomic E-state index is 12.8. The van der Waals surface area contributed by atoms with Crippen molar-refractivity contribution in [2.24, 2.45) is 0 Å². The Bertz CT molecular complexity index is 1020. The predicted molar refractivity (Wildman–Crippen MR) is 104 cm³/mol. The van der Waals surface area contributed by atoms with Crippen LogP contribution in [0.2, 0.25) is 0 Å². The van der Waals surface area contributed by atoms with Gasteiger partial charge in [-0.25, -0.2) is 4.98 Å². The number of anilines is 2. The lowest BCUT2D eigenvalue weighted by molar-refractivity contribution is 0.0734. The SMILES string of the molecule is N#Cc1cccc(Nc2ccc(C(=O)N3CCc4ccccc4C3)cn2)c1. The number of carbonyl (C=O) groups is 1. The van der Waals surface area contributed by atoms with Gasteiger partial charge in [0.1, 0.15) is 5.82 Å². The van der Waals surface area contributed by atoms with Crippen LogP contribution >= 0.6 is 0 Å². The van der Waals surface area contributed by atoms with E-state index in [4.69, 9.17) is 5.26 Å². The Morgan fingerprint density at radius 2 is 1.93 bits per heavy atom. The maximum atomic E-state index is 12.8. The largest absolute Gasteiger partial charge is 0.340 e. The zero-order valence-corrected chi connectivity index (χ0v) is 14.7. The third-order valence-corrected chi connectivity index (χ3v) is 4.69. The number of pyridine rings is 1. The number of fused-ring (bicyclic) bond motifs is 1. The number of carbonyl (C=O) groups excluding carboxylic acids is 1. The monoisotopic (exact) mass is 354 g/mol. The summed E-state index contributed by atoms with van der Waals surface area (Å²) in [5.74, 6) is 0.626. The number of hydrogen-bond acceptors (Lipinski definition) is 4. The zero-order valence-electron chi connectivity index (χ0n) is 14.7. The van der Waals surface area contributed by atoms with Gasteiger partial charge >= 0.3 is 0 Å². The van der Waals surface area contributed by atoms with Crippen LogP contribution in [-0.2, 0) is 13.0 Å². The van der Waals surface area contributed by atoms with E-state index in [0.717, 1.165) is 18.7 Å². The van der Waals surface area contributed by atoms with Gasteiger partial charge in [0.25, 0.3) is 5.91 Å². The molecule has 0 saturated carbocycles. The number of nitrogens with zero attached hydrogens (tertiary/aromatic N) is 3. The summed E-state index contributed by atoms with van der Waals surface area (Å²) >= 11 is 0. The minimum absolute atomic E-state index is 0.00460. The summed E-state index contributed by atoms with van der Waals surface area (Å²) in [6, 6.07) is 21.1. The summed E-state index contributed by atoms with van der Waals surface area (Å²) < 4.78 is 0. The molecule has 0 aliphatic carbocycles. The molecule has 1 aliphatic heterocycles. The van der Waals surface area contributed by atoms with Crippen LogP contribution in [0.4, 0.5) is 11.5 Å². The van der Waals surface area contributed by atoms with E-state index in [1.165, 1.54) is 11.1 Å². The van der Waals surface area contributed by atoms with Crippen LogP contribution in [0.15, 0.2) is 66.9 Å². The molecule has 0 radical (unpaired) electrons. The number of aromatic nitrogens is 1. The molecule has 5 nitrogen and oxygen atoms in total. The Kier molecular flexibility index (Phi) is 4.54. The van der Waals surface area contributed by atoms with Crippen molar-refractivity contribution in [1.29, 1.82) is 5.26 Å². The second-order valence-electron chi connectivity index (χ2n) is 6.50. The molecule has 0 bridgehead atoms. The topological polar surface area (TPSA) is 69.0 Å². The summed E-state index contributed by atoms with van der Waals surface area (Å²) in [7, 11) is 0. The third-order valence-electron chi connectivity index (χ3n) is 4.69. The summed E-state index contributed by atoms with van der Waals surface area (Å²) in [6.07, 6.45) is 2.48. The Balaban J connectivity index is 1.46. The van der Waals surface area contributed by atoms with Crippen molar-refractivity contribution in [3.05, 3.63) is 89.1 Å². The van der Waals surface area contributed by atoms with E-state index in [1.807, 2.05) is 29.2 Å². The average molecular weight is 354 g/mol. The quantitative estimate of drug-likeness (QED) is 0.775. The second-order valence-corrected chi connectivity index (χ2v) is 6.50. The Labute approximate surface area is 157 Å². The lowest BCUT2D eigenvalue weighted by atomic mass is 9.99. The number of nitriles is 1. The molecular formula is C22H18N4O. The molecule has 4 rings (SSSR count). The first-order valence-electron chi connectivity index (χ1n) is 8.82. The number of rotatable bonds is 3. The molecule has 0 unspecified atom stereocenters. The van der Waals surface area contributed by atoms with Crippen molar-refractivity contribution in [3.8, 4) is 6.07 Å². The summed E-state index contributed by atoms with van der Waals surface area (Å²) in [6.45, 7) is 1.35. The van der Waals surface area contributed by atoms with E-state index >= 15 is 0 Å². The smallest absolute Gasteiger partial charge is 0.255 e. The molecule has 132 valence electrons. The first-order valence-corrected chi connectivity index (χ1v) is 8.82. The van der Waals surface area contributed by atoms with E-state index in [2.05, 4.69) is 28.5 Å². The fourth-order valence-electron chi connectivity index (χ4n) is 3.26. The number of amides is 1. The van der Waals surface area contributed by atoms with Crippen LogP contribution in [-0.4, -0.2) is 22.3 Å². The highest BCUT2D eigenvalue weighted by Gasteiger charge is 2.21. The molecule has 27 heavy (non-hydrogen) atoms. The van der Waals surface area contributed by atoms with Crippen molar-refractivity contribution in [2.45, 2.75) is 13.0 Å². The van der Waals surface area contributed by atoms with Gasteiger partial charge in [0.2, 0.25) is 0 Å². The molecule has 2 aromatic carbocycles. The molecule has 1 N–H and O–H groups in total. The van der Waals surface area contributed by atoms with Crippen LogP contribution in [0.3, 0.4) is 0 Å². The van der Waals surface area contributed by atoms with Crippen molar-refractivity contribution in [1.82, 2.24) is 9.88 Å². The van der Waals surface area contributed by atoms with E-state index in [1.54, 1.807) is 30.5 Å². The van der Waals surface area contributed by atoms with Crippen LogP contribution < -0.4 is 5.32 Å². The minimum atomic E-state index is -0.00460. The minimum Gasteiger partial charge on any atom is -0.340 e. The van der Waals surface area contributed by atoms with Gasteiger partial charge in [-0.1, -0.05) is 30.3 Å². The number of nitrogens with one attached hydrogen (secondary N) is 1. The maximum Gasteiger partial charge on any atom is 0.255 e. The standard InChI is InChI=1S/C22H18N4O/c23-13-16-4-3-7-20(12-16)25-21-9-8-18(14-24-21)22(27)26-11-10-17-5-1-2-6-19(17)15-26/h1-9,12,14H,10-11,15H2,(H,24,25). The average Bonchev–Trinajstić information content (AvgIpc) is 2.73. The van der Waals surface area contributed by atoms with E-state index in [0.29, 0.717) is 23.5 Å². The van der Waals surface area contributed by atoms with E-state index in [9.17, 15) is 4.79 Å². The zero-order chi connectivity index (χ0) is 18.6. The molecule has 3 aromatic rings. The van der Waals surface area contributed by atoms with Crippen molar-refractivity contribution >= 4 is 17.4 Å². The van der Waals surface area contributed by atoms with E-state index < -0.39 is 0 Å². The van der Waals surface area contributed by atoms with Crippen LogP contribution in [0.5, 0.6) is 0 Å². The second kappa shape index (κ2) is 7.30. The Morgan fingerprint density at radius 3 is 2.70 bits per heavy atom. The summed E-state index contributed by atoms with van der Waals surface area (Å²) in [5, 5.41) is 12.1. The first kappa shape index (κ1) is 16.8. The first-order chi connectivity index (χ1) is 13.2. The highest BCUT2D eigenvalue weighted by molar-refractivity contribution is 5.94. The van der Waals surface area contributed by atoms with Gasteiger partial charge in [0, 0.05) is 25.0 Å². The molecule has 1 aromatic heterocycles. The highest BCUT2D eigenvalue weighted by Crippen LogP contribution is 2.21. The molecule has 0 spiro atoms. The normalized spacial score (nSPS) is 12.8. The molecule has 0 fully saturated rings. The van der Waals surface area contributed by atoms with Gasteiger partial charge in [0.05, 0.1) is 17.2 Å². The van der Waals surface area contributed by atoms with Gasteiger partial charge in [-0.3, -0.25) is 4.79 Å².